The van der Waals surface area contributed by atoms with Gasteiger partial charge < -0.3 is 14.3 Å². The largest absolute Gasteiger partial charge is 0.384 e. The monoisotopic (exact) mass is 344 g/mol. The third-order valence-electron chi connectivity index (χ3n) is 4.68. The zero-order valence-corrected chi connectivity index (χ0v) is 14.5. The third kappa shape index (κ3) is 4.79. The summed E-state index contributed by atoms with van der Waals surface area (Å²) in [5, 5.41) is 2.26. The van der Waals surface area contributed by atoms with Gasteiger partial charge in [0.1, 0.15) is 5.76 Å². The number of aromatic amines is 1. The number of hydrogen-bond acceptors (Lipinski definition) is 5. The van der Waals surface area contributed by atoms with Gasteiger partial charge in [-0.2, -0.15) is 5.16 Å². The van der Waals surface area contributed by atoms with E-state index in [0.717, 1.165) is 31.5 Å². The molecule has 3 heterocycles. The van der Waals surface area contributed by atoms with Crippen molar-refractivity contribution >= 4 is 5.91 Å². The van der Waals surface area contributed by atoms with Gasteiger partial charge in [-0.3, -0.25) is 14.6 Å². The third-order valence-corrected chi connectivity index (χ3v) is 4.68. The van der Waals surface area contributed by atoms with Gasteiger partial charge in [-0.15, -0.1) is 0 Å². The SMILES string of the molecule is CN1CCC(N(Cc2cccnc2)C(=O)CCc2cc(=O)[nH]o2)CC1. The summed E-state index contributed by atoms with van der Waals surface area (Å²) >= 11 is 0. The van der Waals surface area contributed by atoms with E-state index in [0.29, 0.717) is 25.1 Å². The molecule has 1 saturated heterocycles. The van der Waals surface area contributed by atoms with E-state index in [-0.39, 0.29) is 17.5 Å². The highest BCUT2D eigenvalue weighted by molar-refractivity contribution is 5.76. The summed E-state index contributed by atoms with van der Waals surface area (Å²) in [6, 6.07) is 5.52. The van der Waals surface area contributed by atoms with E-state index in [1.165, 1.54) is 6.07 Å². The quantitative estimate of drug-likeness (QED) is 0.857. The number of carbonyl (C=O) groups excluding carboxylic acids is 1. The molecule has 0 bridgehead atoms. The average Bonchev–Trinajstić information content (AvgIpc) is 3.05. The lowest BCUT2D eigenvalue weighted by Crippen LogP contribution is -2.46. The van der Waals surface area contributed by atoms with Crippen molar-refractivity contribution in [1.82, 2.24) is 19.9 Å². The maximum Gasteiger partial charge on any atom is 0.280 e. The summed E-state index contributed by atoms with van der Waals surface area (Å²) in [5.74, 6) is 0.602. The fourth-order valence-corrected chi connectivity index (χ4v) is 3.23. The number of pyridine rings is 1. The predicted molar refractivity (Wildman–Crippen MR) is 93.0 cm³/mol. The highest BCUT2D eigenvalue weighted by atomic mass is 16.5. The summed E-state index contributed by atoms with van der Waals surface area (Å²) in [7, 11) is 2.11. The fourth-order valence-electron chi connectivity index (χ4n) is 3.23. The fraction of sp³-hybridized carbons (Fsp3) is 0.500. The summed E-state index contributed by atoms with van der Waals surface area (Å²) < 4.78 is 5.05. The van der Waals surface area contributed by atoms with E-state index in [1.807, 2.05) is 17.0 Å². The molecule has 2 aromatic rings. The molecule has 3 rings (SSSR count). The molecule has 1 aliphatic rings. The Hall–Kier alpha value is -2.41. The van der Waals surface area contributed by atoms with Crippen LogP contribution in [0.1, 0.15) is 30.6 Å². The average molecular weight is 344 g/mol. The molecule has 1 amide bonds. The summed E-state index contributed by atoms with van der Waals surface area (Å²) in [6.45, 7) is 2.56. The van der Waals surface area contributed by atoms with Crippen LogP contribution in [0.25, 0.3) is 0 Å². The highest BCUT2D eigenvalue weighted by Gasteiger charge is 2.27. The number of nitrogens with zero attached hydrogens (tertiary/aromatic N) is 3. The van der Waals surface area contributed by atoms with Crippen LogP contribution in [0.3, 0.4) is 0 Å². The van der Waals surface area contributed by atoms with E-state index in [9.17, 15) is 9.59 Å². The Morgan fingerprint density at radius 1 is 1.44 bits per heavy atom. The van der Waals surface area contributed by atoms with Gasteiger partial charge in [0, 0.05) is 43.9 Å². The maximum atomic E-state index is 12.9. The second kappa shape index (κ2) is 8.11. The van der Waals surface area contributed by atoms with E-state index >= 15 is 0 Å². The molecule has 7 nitrogen and oxygen atoms in total. The molecule has 1 aliphatic heterocycles. The number of H-pyrrole nitrogens is 1. The van der Waals surface area contributed by atoms with E-state index in [4.69, 9.17) is 4.52 Å². The van der Waals surface area contributed by atoms with Crippen LogP contribution in [-0.2, 0) is 17.8 Å². The molecule has 134 valence electrons. The molecular weight excluding hydrogens is 320 g/mol. The Morgan fingerprint density at radius 2 is 2.24 bits per heavy atom. The van der Waals surface area contributed by atoms with Gasteiger partial charge in [-0.1, -0.05) is 6.07 Å². The number of carbonyl (C=O) groups is 1. The van der Waals surface area contributed by atoms with Crippen molar-refractivity contribution in [2.45, 2.75) is 38.3 Å². The molecule has 0 saturated carbocycles. The normalized spacial score (nSPS) is 16.0. The van der Waals surface area contributed by atoms with Crippen LogP contribution in [0.4, 0.5) is 0 Å². The van der Waals surface area contributed by atoms with Crippen LogP contribution in [0.15, 0.2) is 39.9 Å². The van der Waals surface area contributed by atoms with Crippen LogP contribution in [-0.4, -0.2) is 52.0 Å². The number of rotatable bonds is 6. The zero-order chi connectivity index (χ0) is 17.6. The molecule has 1 fully saturated rings. The lowest BCUT2D eigenvalue weighted by Gasteiger charge is -2.37. The van der Waals surface area contributed by atoms with E-state index in [1.54, 1.807) is 12.4 Å². The molecule has 7 heteroatoms. The van der Waals surface area contributed by atoms with E-state index < -0.39 is 0 Å². The summed E-state index contributed by atoms with van der Waals surface area (Å²) in [4.78, 5) is 32.4. The maximum absolute atomic E-state index is 12.9. The number of likely N-dealkylation sites (tertiary alicyclic amines) is 1. The van der Waals surface area contributed by atoms with Gasteiger partial charge in [0.25, 0.3) is 5.56 Å². The number of aryl methyl sites for hydroxylation is 1. The van der Waals surface area contributed by atoms with Crippen LogP contribution in [0, 0.1) is 0 Å². The Balaban J connectivity index is 1.68. The first kappa shape index (κ1) is 17.4. The number of hydrogen-bond donors (Lipinski definition) is 1. The van der Waals surface area contributed by atoms with Crippen molar-refractivity contribution < 1.29 is 9.32 Å². The standard InChI is InChI=1S/C18H24N4O3/c1-21-9-6-15(7-10-21)22(13-14-3-2-8-19-12-14)18(24)5-4-16-11-17(23)20-25-16/h2-3,8,11-12,15H,4-7,9-10,13H2,1H3,(H,20,23). The molecule has 0 unspecified atom stereocenters. The Bertz CT molecular complexity index is 732. The first-order valence-electron chi connectivity index (χ1n) is 8.66. The predicted octanol–water partition coefficient (Wildman–Crippen LogP) is 1.42. The molecule has 0 aromatic carbocycles. The minimum atomic E-state index is -0.273. The topological polar surface area (TPSA) is 82.4 Å². The molecule has 2 aromatic heterocycles. The van der Waals surface area contributed by atoms with Crippen molar-refractivity contribution in [2.75, 3.05) is 20.1 Å². The van der Waals surface area contributed by atoms with Crippen LogP contribution in [0.2, 0.25) is 0 Å². The Morgan fingerprint density at radius 3 is 2.88 bits per heavy atom. The van der Waals surface area contributed by atoms with Gasteiger partial charge >= 0.3 is 0 Å². The van der Waals surface area contributed by atoms with Crippen LogP contribution in [0.5, 0.6) is 0 Å². The molecule has 25 heavy (non-hydrogen) atoms. The minimum Gasteiger partial charge on any atom is -0.384 e. The molecule has 0 spiro atoms. The molecule has 0 atom stereocenters. The second-order valence-corrected chi connectivity index (χ2v) is 6.60. The number of piperidine rings is 1. The van der Waals surface area contributed by atoms with Crippen molar-refractivity contribution in [3.05, 3.63) is 52.3 Å². The van der Waals surface area contributed by atoms with Crippen molar-refractivity contribution in [2.24, 2.45) is 0 Å². The summed E-state index contributed by atoms with van der Waals surface area (Å²) in [6.07, 6.45) is 6.24. The zero-order valence-electron chi connectivity index (χ0n) is 14.5. The second-order valence-electron chi connectivity index (χ2n) is 6.60. The van der Waals surface area contributed by atoms with Gasteiger partial charge in [-0.05, 0) is 44.6 Å². The van der Waals surface area contributed by atoms with Crippen LogP contribution < -0.4 is 5.56 Å². The molecule has 0 radical (unpaired) electrons. The number of aromatic nitrogens is 2. The highest BCUT2D eigenvalue weighted by Crippen LogP contribution is 2.20. The van der Waals surface area contributed by atoms with Crippen LogP contribution >= 0.6 is 0 Å². The first-order valence-corrected chi connectivity index (χ1v) is 8.66. The molecule has 1 N–H and O–H groups in total. The lowest BCUT2D eigenvalue weighted by atomic mass is 10.0. The smallest absolute Gasteiger partial charge is 0.280 e. The van der Waals surface area contributed by atoms with Gasteiger partial charge in [0.2, 0.25) is 5.91 Å². The van der Waals surface area contributed by atoms with Gasteiger partial charge in [-0.25, -0.2) is 0 Å². The van der Waals surface area contributed by atoms with Gasteiger partial charge in [0.15, 0.2) is 0 Å². The van der Waals surface area contributed by atoms with Crippen molar-refractivity contribution in [3.8, 4) is 0 Å². The number of amides is 1. The number of nitrogens with one attached hydrogen (secondary N) is 1. The van der Waals surface area contributed by atoms with Crippen molar-refractivity contribution in [3.63, 3.8) is 0 Å². The molecular formula is C18H24N4O3. The van der Waals surface area contributed by atoms with E-state index in [2.05, 4.69) is 22.1 Å². The lowest BCUT2D eigenvalue weighted by molar-refractivity contribution is -0.135. The van der Waals surface area contributed by atoms with Gasteiger partial charge in [0.05, 0.1) is 0 Å². The van der Waals surface area contributed by atoms with Crippen molar-refractivity contribution in [1.29, 1.82) is 0 Å². The minimum absolute atomic E-state index is 0.0854. The first-order chi connectivity index (χ1) is 12.1. The molecule has 0 aliphatic carbocycles. The summed E-state index contributed by atoms with van der Waals surface area (Å²) in [5.41, 5.74) is 0.757. The Kier molecular flexibility index (Phi) is 5.65. The Labute approximate surface area is 146 Å².